The second-order valence-corrected chi connectivity index (χ2v) is 18.3. The van der Waals surface area contributed by atoms with Gasteiger partial charge in [-0.05, 0) is 74.6 Å². The maximum atomic E-state index is 14.1. The molecule has 4 aromatic carbocycles. The van der Waals surface area contributed by atoms with E-state index in [4.69, 9.17) is 28.2 Å². The fraction of sp³-hybridized carbons (Fsp3) is 0.357. The zero-order valence-corrected chi connectivity index (χ0v) is 42.8. The summed E-state index contributed by atoms with van der Waals surface area (Å²) in [6.45, 7) is 7.79. The highest BCUT2D eigenvalue weighted by atomic mass is 16.7. The molecule has 0 fully saturated rings. The van der Waals surface area contributed by atoms with Crippen LogP contribution in [0, 0.1) is 5.92 Å². The molecule has 1 heterocycles. The number of furan rings is 1. The molecule has 398 valence electrons. The molecule has 75 heavy (non-hydrogen) atoms. The summed E-state index contributed by atoms with van der Waals surface area (Å²) < 4.78 is 28.2. The number of carbonyl (C=O) groups is 8. The van der Waals surface area contributed by atoms with Crippen LogP contribution in [0.4, 0.5) is 4.79 Å². The maximum absolute atomic E-state index is 14.1. The molecule has 5 aromatic rings. The summed E-state index contributed by atoms with van der Waals surface area (Å²) in [7, 11) is 0. The number of ether oxygens (including phenoxy) is 4. The van der Waals surface area contributed by atoms with Gasteiger partial charge in [-0.25, -0.2) is 14.4 Å². The van der Waals surface area contributed by atoms with Gasteiger partial charge >= 0.3 is 24.0 Å². The SMILES string of the molecule is CCCCCC(C(=O)NCNC(=O)c1ccc(-c2ccc(C(=O)NC(CC(=O)OCc3ccccc3)C(=O)OCc3ccccc3)c(OCC(=O)OCc3ccccc3)c2)o1)C(CC)N(C=O)OC(=O)NC(C)(C)C. The van der Waals surface area contributed by atoms with Gasteiger partial charge in [0.05, 0.1) is 30.6 Å². The monoisotopic (exact) mass is 1030 g/mol. The fourth-order valence-electron chi connectivity index (χ4n) is 7.51. The molecule has 3 unspecified atom stereocenters. The Hall–Kier alpha value is -8.48. The smallest absolute Gasteiger partial charge is 0.432 e. The minimum absolute atomic E-state index is 0.0467. The summed E-state index contributed by atoms with van der Waals surface area (Å²) in [6.07, 6.45) is 1.91. The number of amides is 5. The Labute approximate surface area is 435 Å². The van der Waals surface area contributed by atoms with Crippen molar-refractivity contribution in [2.45, 2.75) is 111 Å². The molecule has 0 bridgehead atoms. The summed E-state index contributed by atoms with van der Waals surface area (Å²) in [6, 6.07) is 31.5. The van der Waals surface area contributed by atoms with Crippen LogP contribution in [-0.4, -0.2) is 84.1 Å². The van der Waals surface area contributed by atoms with Gasteiger partial charge in [0.1, 0.15) is 37.4 Å². The lowest BCUT2D eigenvalue weighted by molar-refractivity contribution is -0.169. The molecule has 0 saturated heterocycles. The lowest BCUT2D eigenvalue weighted by atomic mass is 9.90. The second-order valence-electron chi connectivity index (χ2n) is 18.3. The van der Waals surface area contributed by atoms with E-state index >= 15 is 0 Å². The van der Waals surface area contributed by atoms with Crippen LogP contribution in [0.5, 0.6) is 5.75 Å². The van der Waals surface area contributed by atoms with E-state index in [1.807, 2.05) is 19.1 Å². The van der Waals surface area contributed by atoms with Gasteiger partial charge in [0.2, 0.25) is 12.3 Å². The van der Waals surface area contributed by atoms with Crippen molar-refractivity contribution < 1.29 is 66.6 Å². The van der Waals surface area contributed by atoms with Crippen molar-refractivity contribution in [1.82, 2.24) is 26.3 Å². The van der Waals surface area contributed by atoms with E-state index in [1.165, 1.54) is 30.3 Å². The summed E-state index contributed by atoms with van der Waals surface area (Å²) in [4.78, 5) is 111. The highest BCUT2D eigenvalue weighted by molar-refractivity contribution is 6.00. The molecule has 19 heteroatoms. The van der Waals surface area contributed by atoms with Crippen LogP contribution in [0.2, 0.25) is 0 Å². The Morgan fingerprint density at radius 1 is 0.693 bits per heavy atom. The van der Waals surface area contributed by atoms with Gasteiger partial charge in [0.25, 0.3) is 11.8 Å². The van der Waals surface area contributed by atoms with E-state index in [1.54, 1.807) is 107 Å². The topological polar surface area (TPSA) is 247 Å². The average Bonchev–Trinajstić information content (AvgIpc) is 3.91. The zero-order chi connectivity index (χ0) is 54.2. The molecule has 4 N–H and O–H groups in total. The van der Waals surface area contributed by atoms with Crippen molar-refractivity contribution in [3.05, 3.63) is 149 Å². The van der Waals surface area contributed by atoms with E-state index in [9.17, 15) is 38.4 Å². The first kappa shape index (κ1) is 57.4. The van der Waals surface area contributed by atoms with Gasteiger partial charge in [-0.1, -0.05) is 130 Å². The van der Waals surface area contributed by atoms with E-state index in [2.05, 4.69) is 21.3 Å². The average molecular weight is 1030 g/mol. The van der Waals surface area contributed by atoms with Crippen LogP contribution in [-0.2, 0) is 62.8 Å². The number of hydrogen-bond acceptors (Lipinski definition) is 14. The number of hydroxylamine groups is 2. The first-order chi connectivity index (χ1) is 36.1. The van der Waals surface area contributed by atoms with Crippen molar-refractivity contribution in [3.8, 4) is 17.1 Å². The summed E-state index contributed by atoms with van der Waals surface area (Å²) in [5, 5.41) is 11.4. The first-order valence-electron chi connectivity index (χ1n) is 24.6. The highest BCUT2D eigenvalue weighted by Gasteiger charge is 2.34. The van der Waals surface area contributed by atoms with Crippen LogP contribution >= 0.6 is 0 Å². The first-order valence-corrected chi connectivity index (χ1v) is 24.6. The largest absolute Gasteiger partial charge is 0.481 e. The minimum atomic E-state index is -1.52. The van der Waals surface area contributed by atoms with Crippen LogP contribution in [0.1, 0.15) is 111 Å². The lowest BCUT2D eigenvalue weighted by Crippen LogP contribution is -2.51. The van der Waals surface area contributed by atoms with E-state index in [-0.39, 0.29) is 55.7 Å². The van der Waals surface area contributed by atoms with Crippen molar-refractivity contribution >= 4 is 48.1 Å². The van der Waals surface area contributed by atoms with Crippen molar-refractivity contribution in [2.24, 2.45) is 5.92 Å². The molecule has 5 rings (SSSR count). The zero-order valence-electron chi connectivity index (χ0n) is 42.8. The number of carbonyl (C=O) groups excluding carboxylic acids is 8. The predicted molar refractivity (Wildman–Crippen MR) is 274 cm³/mol. The van der Waals surface area contributed by atoms with Gasteiger partial charge in [-0.2, -0.15) is 5.06 Å². The van der Waals surface area contributed by atoms with Crippen molar-refractivity contribution in [3.63, 3.8) is 0 Å². The quantitative estimate of drug-likeness (QED) is 0.00936. The van der Waals surface area contributed by atoms with Crippen LogP contribution in [0.3, 0.4) is 0 Å². The number of rotatable bonds is 28. The summed E-state index contributed by atoms with van der Waals surface area (Å²) in [5.41, 5.74) is 1.61. The molecule has 0 aliphatic heterocycles. The molecule has 0 saturated carbocycles. The Balaban J connectivity index is 1.32. The Kier molecular flexibility index (Phi) is 22.4. The third kappa shape index (κ3) is 19.1. The molecule has 19 nitrogen and oxygen atoms in total. The van der Waals surface area contributed by atoms with Gasteiger partial charge in [0.15, 0.2) is 12.4 Å². The predicted octanol–water partition coefficient (Wildman–Crippen LogP) is 7.72. The number of nitrogens with zero attached hydrogens (tertiary/aromatic N) is 1. The van der Waals surface area contributed by atoms with Crippen molar-refractivity contribution in [2.75, 3.05) is 13.3 Å². The van der Waals surface area contributed by atoms with E-state index < -0.39 is 78.3 Å². The summed E-state index contributed by atoms with van der Waals surface area (Å²) >= 11 is 0. The third-order valence-corrected chi connectivity index (χ3v) is 11.3. The second kappa shape index (κ2) is 29.3. The molecular formula is C56H65N5O14. The number of benzene rings is 4. The third-order valence-electron chi connectivity index (χ3n) is 11.3. The molecule has 1 aromatic heterocycles. The molecule has 0 aliphatic rings. The Bertz CT molecular complexity index is 2670. The Morgan fingerprint density at radius 2 is 1.29 bits per heavy atom. The molecule has 3 atom stereocenters. The van der Waals surface area contributed by atoms with E-state index in [0.717, 1.165) is 23.5 Å². The standard InChI is InChI=1S/C56H65N5O14/c1-6-8-12-25-42(45(7-2)61(37-62)75-55(69)60-56(3,4)5)51(65)57-36-58-53(67)47-29-28-46(74-47)41-26-27-43(48(30-41)70-35-50(64)72-33-39-21-15-10-16-22-39)52(66)59-44(54(68)73-34-40-23-17-11-18-24-40)31-49(63)71-32-38-19-13-9-14-20-38/h9-11,13-24,26-30,37,42,44-45H,6-8,12,25,31-36H2,1-5H3,(H,57,65)(H,58,67)(H,59,66)(H,60,69). The maximum Gasteiger partial charge on any atom is 0.432 e. The molecule has 0 aliphatic carbocycles. The van der Waals surface area contributed by atoms with Gasteiger partial charge < -0.3 is 49.5 Å². The van der Waals surface area contributed by atoms with E-state index in [0.29, 0.717) is 35.9 Å². The molecule has 0 spiro atoms. The van der Waals surface area contributed by atoms with Crippen molar-refractivity contribution in [1.29, 1.82) is 0 Å². The van der Waals surface area contributed by atoms with Crippen LogP contribution < -0.4 is 26.0 Å². The lowest BCUT2D eigenvalue weighted by Gasteiger charge is -2.32. The van der Waals surface area contributed by atoms with Crippen LogP contribution in [0.15, 0.2) is 126 Å². The molecular weight excluding hydrogens is 967 g/mol. The number of hydrogen-bond donors (Lipinski definition) is 4. The number of esters is 3. The minimum Gasteiger partial charge on any atom is -0.481 e. The van der Waals surface area contributed by atoms with Crippen LogP contribution in [0.25, 0.3) is 11.3 Å². The Morgan fingerprint density at radius 3 is 1.87 bits per heavy atom. The van der Waals surface area contributed by atoms with Gasteiger partial charge in [0, 0.05) is 11.1 Å². The van der Waals surface area contributed by atoms with Gasteiger partial charge in [-0.3, -0.25) is 24.0 Å². The number of unbranched alkanes of at least 4 members (excludes halogenated alkanes) is 2. The summed E-state index contributed by atoms with van der Waals surface area (Å²) in [5.74, 6) is -5.48. The fourth-order valence-corrected chi connectivity index (χ4v) is 7.51. The molecule has 5 amide bonds. The van der Waals surface area contributed by atoms with Gasteiger partial charge in [-0.15, -0.1) is 0 Å². The number of nitrogens with one attached hydrogen (secondary N) is 4. The highest BCUT2D eigenvalue weighted by Crippen LogP contribution is 2.30. The normalized spacial score (nSPS) is 12.1. The molecule has 0 radical (unpaired) electrons.